The molecule has 0 unspecified atom stereocenters. The Bertz CT molecular complexity index is 349. The number of hydrogen-bond acceptors (Lipinski definition) is 1. The van der Waals surface area contributed by atoms with Gasteiger partial charge in [-0.15, -0.1) is 0 Å². The largest absolute Gasteiger partial charge is 0.325 e. The minimum atomic E-state index is -2.96. The Labute approximate surface area is 78.9 Å². The van der Waals surface area contributed by atoms with Gasteiger partial charge < -0.3 is 4.98 Å². The summed E-state index contributed by atoms with van der Waals surface area (Å²) in [5, 5.41) is 0. The summed E-state index contributed by atoms with van der Waals surface area (Å²) < 4.78 is 36.5. The van der Waals surface area contributed by atoms with Gasteiger partial charge in [-0.2, -0.15) is 0 Å². The van der Waals surface area contributed by atoms with E-state index in [1.165, 1.54) is 22.6 Å². The summed E-state index contributed by atoms with van der Waals surface area (Å²) in [6, 6.07) is 0. The quantitative estimate of drug-likeness (QED) is 0.789. The van der Waals surface area contributed by atoms with E-state index in [0.717, 1.165) is 0 Å². The van der Waals surface area contributed by atoms with E-state index in [-0.39, 0.29) is 3.57 Å². The Kier molecular flexibility index (Phi) is 2.76. The highest BCUT2D eigenvalue weighted by Crippen LogP contribution is 2.23. The molecular formula is C6H3F3INO. The van der Waals surface area contributed by atoms with Crippen molar-refractivity contribution in [2.24, 2.45) is 0 Å². The average Bonchev–Trinajstić information content (AvgIpc) is 1.97. The van der Waals surface area contributed by atoms with E-state index in [4.69, 9.17) is 0 Å². The molecule has 1 heterocycles. The van der Waals surface area contributed by atoms with Crippen molar-refractivity contribution in [1.29, 1.82) is 0 Å². The molecule has 0 atom stereocenters. The lowest BCUT2D eigenvalue weighted by atomic mass is 10.3. The molecule has 12 heavy (non-hydrogen) atoms. The molecule has 0 saturated heterocycles. The topological polar surface area (TPSA) is 32.9 Å². The van der Waals surface area contributed by atoms with Gasteiger partial charge in [0.2, 0.25) is 0 Å². The number of nitrogens with one attached hydrogen (secondary N) is 1. The van der Waals surface area contributed by atoms with E-state index in [2.05, 4.69) is 0 Å². The fourth-order valence-electron chi connectivity index (χ4n) is 0.697. The Hall–Kier alpha value is -0.530. The Morgan fingerprint density at radius 1 is 1.50 bits per heavy atom. The number of alkyl halides is 2. The minimum Gasteiger partial charge on any atom is -0.325 e. The summed E-state index contributed by atoms with van der Waals surface area (Å²) in [6.45, 7) is 0. The van der Waals surface area contributed by atoms with Crippen LogP contribution in [0.1, 0.15) is 12.0 Å². The zero-order valence-corrected chi connectivity index (χ0v) is 7.73. The second-order valence-corrected chi connectivity index (χ2v) is 3.07. The van der Waals surface area contributed by atoms with Gasteiger partial charge in [-0.25, -0.2) is 13.2 Å². The Morgan fingerprint density at radius 2 is 2.08 bits per heavy atom. The van der Waals surface area contributed by atoms with Crippen LogP contribution in [-0.4, -0.2) is 4.98 Å². The van der Waals surface area contributed by atoms with Gasteiger partial charge in [0.05, 0.1) is 9.13 Å². The zero-order chi connectivity index (χ0) is 9.30. The van der Waals surface area contributed by atoms with Crippen LogP contribution in [0.25, 0.3) is 0 Å². The van der Waals surface area contributed by atoms with Crippen LogP contribution in [0.2, 0.25) is 0 Å². The van der Waals surface area contributed by atoms with E-state index >= 15 is 0 Å². The first kappa shape index (κ1) is 9.56. The lowest BCUT2D eigenvalue weighted by molar-refractivity contribution is 0.145. The standard InChI is InChI=1S/C6H3F3INO/c7-2-1-11-6(12)4(10)3(2)5(8)9/h1,5H,(H,11,12). The maximum Gasteiger partial charge on any atom is 0.267 e. The smallest absolute Gasteiger partial charge is 0.267 e. The van der Waals surface area contributed by atoms with Gasteiger partial charge in [-0.1, -0.05) is 0 Å². The molecule has 0 radical (unpaired) electrons. The highest BCUT2D eigenvalue weighted by molar-refractivity contribution is 14.1. The first-order chi connectivity index (χ1) is 5.54. The van der Waals surface area contributed by atoms with E-state index in [1.54, 1.807) is 0 Å². The van der Waals surface area contributed by atoms with Gasteiger partial charge in [0.25, 0.3) is 12.0 Å². The predicted octanol–water partition coefficient (Wildman–Crippen LogP) is 2.06. The number of halogens is 4. The lowest BCUT2D eigenvalue weighted by Crippen LogP contribution is -2.14. The number of aromatic amines is 1. The van der Waals surface area contributed by atoms with Crippen molar-refractivity contribution in [3.63, 3.8) is 0 Å². The van der Waals surface area contributed by atoms with Gasteiger partial charge in [0.1, 0.15) is 5.82 Å². The second-order valence-electron chi connectivity index (χ2n) is 1.99. The van der Waals surface area contributed by atoms with Crippen LogP contribution in [0.15, 0.2) is 11.0 Å². The molecule has 6 heteroatoms. The number of hydrogen-bond donors (Lipinski definition) is 1. The third kappa shape index (κ3) is 1.62. The van der Waals surface area contributed by atoms with Crippen molar-refractivity contribution in [1.82, 2.24) is 4.98 Å². The van der Waals surface area contributed by atoms with Crippen LogP contribution in [0.4, 0.5) is 13.2 Å². The molecule has 66 valence electrons. The van der Waals surface area contributed by atoms with Crippen LogP contribution < -0.4 is 5.56 Å². The summed E-state index contributed by atoms with van der Waals surface area (Å²) in [7, 11) is 0. The summed E-state index contributed by atoms with van der Waals surface area (Å²) >= 11 is 1.38. The summed E-state index contributed by atoms with van der Waals surface area (Å²) in [6.07, 6.45) is -2.33. The molecule has 0 aliphatic carbocycles. The van der Waals surface area contributed by atoms with Crippen molar-refractivity contribution < 1.29 is 13.2 Å². The van der Waals surface area contributed by atoms with Gasteiger partial charge in [-0.05, 0) is 22.6 Å². The highest BCUT2D eigenvalue weighted by Gasteiger charge is 2.19. The fraction of sp³-hybridized carbons (Fsp3) is 0.167. The molecule has 0 fully saturated rings. The van der Waals surface area contributed by atoms with Crippen molar-refractivity contribution in [2.45, 2.75) is 6.43 Å². The number of rotatable bonds is 1. The first-order valence-corrected chi connectivity index (χ1v) is 3.96. The number of pyridine rings is 1. The fourth-order valence-corrected chi connectivity index (χ4v) is 1.35. The Morgan fingerprint density at radius 3 is 2.50 bits per heavy atom. The molecule has 0 aliphatic heterocycles. The van der Waals surface area contributed by atoms with Crippen LogP contribution in [-0.2, 0) is 0 Å². The third-order valence-electron chi connectivity index (χ3n) is 1.24. The van der Waals surface area contributed by atoms with Gasteiger partial charge in [0.15, 0.2) is 0 Å². The third-order valence-corrected chi connectivity index (χ3v) is 2.31. The van der Waals surface area contributed by atoms with E-state index in [1.807, 2.05) is 4.98 Å². The predicted molar refractivity (Wildman–Crippen MR) is 44.7 cm³/mol. The molecule has 0 aromatic carbocycles. The molecule has 1 aromatic rings. The van der Waals surface area contributed by atoms with Crippen molar-refractivity contribution in [3.8, 4) is 0 Å². The van der Waals surface area contributed by atoms with Crippen LogP contribution in [0.3, 0.4) is 0 Å². The first-order valence-electron chi connectivity index (χ1n) is 2.88. The molecule has 2 nitrogen and oxygen atoms in total. The number of aromatic nitrogens is 1. The molecule has 1 N–H and O–H groups in total. The molecule has 0 aliphatic rings. The molecule has 0 bridgehead atoms. The highest BCUT2D eigenvalue weighted by atomic mass is 127. The summed E-state index contributed by atoms with van der Waals surface area (Å²) in [4.78, 5) is 12.7. The van der Waals surface area contributed by atoms with E-state index in [0.29, 0.717) is 6.20 Å². The minimum absolute atomic E-state index is 0.303. The lowest BCUT2D eigenvalue weighted by Gasteiger charge is -2.02. The van der Waals surface area contributed by atoms with Crippen molar-refractivity contribution in [3.05, 3.63) is 31.5 Å². The van der Waals surface area contributed by atoms with Crippen LogP contribution >= 0.6 is 22.6 Å². The monoisotopic (exact) mass is 289 g/mol. The second kappa shape index (κ2) is 3.46. The molecule has 0 amide bonds. The molecular weight excluding hydrogens is 286 g/mol. The molecule has 0 saturated carbocycles. The van der Waals surface area contributed by atoms with E-state index < -0.39 is 23.4 Å². The molecule has 0 spiro atoms. The van der Waals surface area contributed by atoms with Crippen LogP contribution in [0.5, 0.6) is 0 Å². The van der Waals surface area contributed by atoms with Crippen molar-refractivity contribution >= 4 is 22.6 Å². The maximum atomic E-state index is 12.6. The zero-order valence-electron chi connectivity index (χ0n) is 5.57. The average molecular weight is 289 g/mol. The Balaban J connectivity index is 3.43. The van der Waals surface area contributed by atoms with Gasteiger partial charge in [0, 0.05) is 6.20 Å². The number of H-pyrrole nitrogens is 1. The van der Waals surface area contributed by atoms with E-state index in [9.17, 15) is 18.0 Å². The molecule has 1 rings (SSSR count). The summed E-state index contributed by atoms with van der Waals surface area (Å²) in [5.41, 5.74) is -1.54. The summed E-state index contributed by atoms with van der Waals surface area (Å²) in [5.74, 6) is -1.09. The van der Waals surface area contributed by atoms with Crippen LogP contribution in [0, 0.1) is 9.39 Å². The van der Waals surface area contributed by atoms with Crippen molar-refractivity contribution in [2.75, 3.05) is 0 Å². The maximum absolute atomic E-state index is 12.6. The normalized spacial score (nSPS) is 10.8. The molecule has 1 aromatic heterocycles. The SMILES string of the molecule is O=c1[nH]cc(F)c(C(F)F)c1I. The van der Waals surface area contributed by atoms with Gasteiger partial charge in [-0.3, -0.25) is 4.79 Å². The van der Waals surface area contributed by atoms with Gasteiger partial charge >= 0.3 is 0 Å².